The molecule has 0 bridgehead atoms. The molecule has 8 heteroatoms. The highest BCUT2D eigenvalue weighted by Crippen LogP contribution is 2.28. The van der Waals surface area contributed by atoms with Crippen LogP contribution in [-0.4, -0.2) is 65.0 Å². The Labute approximate surface area is 206 Å². The van der Waals surface area contributed by atoms with E-state index in [1.807, 2.05) is 13.0 Å². The summed E-state index contributed by atoms with van der Waals surface area (Å²) in [5.74, 6) is -0.238. The van der Waals surface area contributed by atoms with Crippen molar-refractivity contribution in [2.24, 2.45) is 5.92 Å². The SMILES string of the molecule is CC(C(=O)NC1CCN(Cc2ccccc2)C1)N1CCC(C(=O)Nc2cc(Cl)ccc2O)CC1. The molecular weight excluding hydrogens is 452 g/mol. The van der Waals surface area contributed by atoms with Crippen LogP contribution in [0.15, 0.2) is 48.5 Å². The number of anilines is 1. The largest absolute Gasteiger partial charge is 0.506 e. The number of nitrogens with zero attached hydrogens (tertiary/aromatic N) is 2. The minimum Gasteiger partial charge on any atom is -0.506 e. The highest BCUT2D eigenvalue weighted by Gasteiger charge is 2.32. The zero-order valence-corrected chi connectivity index (χ0v) is 20.3. The van der Waals surface area contributed by atoms with Crippen molar-refractivity contribution >= 4 is 29.1 Å². The van der Waals surface area contributed by atoms with Gasteiger partial charge in [0.1, 0.15) is 5.75 Å². The fourth-order valence-corrected chi connectivity index (χ4v) is 4.99. The number of hydrogen-bond donors (Lipinski definition) is 3. The van der Waals surface area contributed by atoms with Gasteiger partial charge in [0.2, 0.25) is 11.8 Å². The second kappa shape index (κ2) is 11.2. The van der Waals surface area contributed by atoms with Crippen molar-refractivity contribution in [3.05, 3.63) is 59.1 Å². The number of carbonyl (C=O) groups excluding carboxylic acids is 2. The van der Waals surface area contributed by atoms with Crippen molar-refractivity contribution in [1.29, 1.82) is 0 Å². The number of benzene rings is 2. The Morgan fingerprint density at radius 1 is 1.09 bits per heavy atom. The van der Waals surface area contributed by atoms with E-state index in [4.69, 9.17) is 11.6 Å². The normalized spacial score (nSPS) is 20.7. The van der Waals surface area contributed by atoms with Gasteiger partial charge in [0.15, 0.2) is 0 Å². The maximum Gasteiger partial charge on any atom is 0.237 e. The molecule has 0 aliphatic carbocycles. The van der Waals surface area contributed by atoms with Gasteiger partial charge in [-0.15, -0.1) is 0 Å². The van der Waals surface area contributed by atoms with Gasteiger partial charge in [-0.1, -0.05) is 41.9 Å². The average molecular weight is 485 g/mol. The summed E-state index contributed by atoms with van der Waals surface area (Å²) in [5, 5.41) is 16.4. The van der Waals surface area contributed by atoms with Crippen molar-refractivity contribution in [2.45, 2.75) is 44.8 Å². The van der Waals surface area contributed by atoms with E-state index in [0.29, 0.717) is 36.6 Å². The molecular formula is C26H33ClN4O3. The number of amides is 2. The summed E-state index contributed by atoms with van der Waals surface area (Å²) >= 11 is 5.97. The first kappa shape index (κ1) is 24.5. The van der Waals surface area contributed by atoms with Gasteiger partial charge in [0, 0.05) is 36.6 Å². The van der Waals surface area contributed by atoms with Gasteiger partial charge in [0.05, 0.1) is 11.7 Å². The maximum absolute atomic E-state index is 12.9. The third kappa shape index (κ3) is 6.29. The van der Waals surface area contributed by atoms with E-state index in [1.54, 1.807) is 12.1 Å². The number of carbonyl (C=O) groups is 2. The molecule has 2 aromatic carbocycles. The number of rotatable bonds is 7. The Morgan fingerprint density at radius 3 is 2.56 bits per heavy atom. The zero-order chi connectivity index (χ0) is 24.1. The van der Waals surface area contributed by atoms with Gasteiger partial charge in [-0.05, 0) is 63.0 Å². The Hall–Kier alpha value is -2.61. The van der Waals surface area contributed by atoms with E-state index in [1.165, 1.54) is 11.6 Å². The van der Waals surface area contributed by atoms with Crippen molar-refractivity contribution in [2.75, 3.05) is 31.5 Å². The number of hydrogen-bond acceptors (Lipinski definition) is 5. The average Bonchev–Trinajstić information content (AvgIpc) is 3.28. The van der Waals surface area contributed by atoms with Gasteiger partial charge in [-0.2, -0.15) is 0 Å². The minimum atomic E-state index is -0.232. The van der Waals surface area contributed by atoms with Crippen LogP contribution in [0.3, 0.4) is 0 Å². The highest BCUT2D eigenvalue weighted by atomic mass is 35.5. The van der Waals surface area contributed by atoms with Crippen LogP contribution >= 0.6 is 11.6 Å². The van der Waals surface area contributed by atoms with E-state index < -0.39 is 0 Å². The summed E-state index contributed by atoms with van der Waals surface area (Å²) in [5.41, 5.74) is 1.62. The molecule has 2 saturated heterocycles. The predicted molar refractivity (Wildman–Crippen MR) is 134 cm³/mol. The molecule has 3 N–H and O–H groups in total. The van der Waals surface area contributed by atoms with Crippen LogP contribution in [0.4, 0.5) is 5.69 Å². The van der Waals surface area contributed by atoms with Crippen molar-refractivity contribution in [1.82, 2.24) is 15.1 Å². The predicted octanol–water partition coefficient (Wildman–Crippen LogP) is 3.48. The Balaban J connectivity index is 1.21. The second-order valence-electron chi connectivity index (χ2n) is 9.35. The lowest BCUT2D eigenvalue weighted by Crippen LogP contribution is -2.51. The lowest BCUT2D eigenvalue weighted by molar-refractivity contribution is -0.127. The summed E-state index contributed by atoms with van der Waals surface area (Å²) < 4.78 is 0. The molecule has 182 valence electrons. The van der Waals surface area contributed by atoms with Crippen molar-refractivity contribution < 1.29 is 14.7 Å². The number of phenolic OH excluding ortho intramolecular Hbond substituents is 1. The molecule has 0 spiro atoms. The third-order valence-electron chi connectivity index (χ3n) is 6.91. The molecule has 7 nitrogen and oxygen atoms in total. The van der Waals surface area contributed by atoms with Crippen LogP contribution in [0.2, 0.25) is 5.02 Å². The molecule has 34 heavy (non-hydrogen) atoms. The standard InChI is InChI=1S/C26H33ClN4O3/c1-18(25(33)28-22-11-12-30(17-22)16-19-5-3-2-4-6-19)31-13-9-20(10-14-31)26(34)29-23-15-21(27)7-8-24(23)32/h2-8,15,18,20,22,32H,9-14,16-17H2,1H3,(H,28,33)(H,29,34). The van der Waals surface area contributed by atoms with Gasteiger partial charge < -0.3 is 15.7 Å². The molecule has 2 unspecified atom stereocenters. The molecule has 2 atom stereocenters. The van der Waals surface area contributed by atoms with E-state index in [0.717, 1.165) is 26.1 Å². The Bertz CT molecular complexity index is 995. The molecule has 2 amide bonds. The van der Waals surface area contributed by atoms with Crippen LogP contribution in [0.5, 0.6) is 5.75 Å². The van der Waals surface area contributed by atoms with Crippen LogP contribution in [-0.2, 0) is 16.1 Å². The number of phenols is 1. The summed E-state index contributed by atoms with van der Waals surface area (Å²) in [4.78, 5) is 30.1. The molecule has 0 saturated carbocycles. The molecule has 0 radical (unpaired) electrons. The highest BCUT2D eigenvalue weighted by molar-refractivity contribution is 6.31. The van der Waals surface area contributed by atoms with E-state index in [2.05, 4.69) is 44.7 Å². The monoisotopic (exact) mass is 484 g/mol. The molecule has 4 rings (SSSR count). The molecule has 2 aromatic rings. The summed E-state index contributed by atoms with van der Waals surface area (Å²) in [6.45, 7) is 6.06. The van der Waals surface area contributed by atoms with Crippen LogP contribution in [0.1, 0.15) is 31.7 Å². The second-order valence-corrected chi connectivity index (χ2v) is 9.79. The minimum absolute atomic E-state index is 0.00488. The fourth-order valence-electron chi connectivity index (χ4n) is 4.82. The first-order valence-corrected chi connectivity index (χ1v) is 12.4. The molecule has 2 aliphatic heterocycles. The lowest BCUT2D eigenvalue weighted by Gasteiger charge is -2.35. The first-order chi connectivity index (χ1) is 16.4. The summed E-state index contributed by atoms with van der Waals surface area (Å²) in [6, 6.07) is 14.9. The van der Waals surface area contributed by atoms with Gasteiger partial charge in [0.25, 0.3) is 0 Å². The lowest BCUT2D eigenvalue weighted by atomic mass is 9.94. The molecule has 2 fully saturated rings. The Kier molecular flexibility index (Phi) is 8.08. The van der Waals surface area contributed by atoms with Crippen LogP contribution < -0.4 is 10.6 Å². The third-order valence-corrected chi connectivity index (χ3v) is 7.15. The molecule has 2 heterocycles. The van der Waals surface area contributed by atoms with E-state index in [9.17, 15) is 14.7 Å². The van der Waals surface area contributed by atoms with Crippen LogP contribution in [0.25, 0.3) is 0 Å². The van der Waals surface area contributed by atoms with Crippen LogP contribution in [0, 0.1) is 5.92 Å². The first-order valence-electron chi connectivity index (χ1n) is 12.0. The van der Waals surface area contributed by atoms with E-state index in [-0.39, 0.29) is 35.6 Å². The van der Waals surface area contributed by atoms with E-state index >= 15 is 0 Å². The quantitative estimate of drug-likeness (QED) is 0.524. The number of nitrogens with one attached hydrogen (secondary N) is 2. The van der Waals surface area contributed by atoms with Gasteiger partial charge >= 0.3 is 0 Å². The van der Waals surface area contributed by atoms with Crippen molar-refractivity contribution in [3.63, 3.8) is 0 Å². The van der Waals surface area contributed by atoms with Gasteiger partial charge in [-0.3, -0.25) is 19.4 Å². The summed E-state index contributed by atoms with van der Waals surface area (Å²) in [6.07, 6.45) is 2.29. The Morgan fingerprint density at radius 2 is 1.82 bits per heavy atom. The topological polar surface area (TPSA) is 84.9 Å². The number of aromatic hydroxyl groups is 1. The van der Waals surface area contributed by atoms with Gasteiger partial charge in [-0.25, -0.2) is 0 Å². The maximum atomic E-state index is 12.9. The number of piperidine rings is 1. The summed E-state index contributed by atoms with van der Waals surface area (Å²) in [7, 11) is 0. The molecule has 0 aromatic heterocycles. The fraction of sp³-hybridized carbons (Fsp3) is 0.462. The van der Waals surface area contributed by atoms with Crippen molar-refractivity contribution in [3.8, 4) is 5.75 Å². The zero-order valence-electron chi connectivity index (χ0n) is 19.5. The smallest absolute Gasteiger partial charge is 0.237 e. The molecule has 2 aliphatic rings. The number of halogens is 1. The number of likely N-dealkylation sites (tertiary alicyclic amines) is 2.